The highest BCUT2D eigenvalue weighted by atomic mass is 32.1. The van der Waals surface area contributed by atoms with Crippen molar-refractivity contribution < 1.29 is 0 Å². The number of anilines is 1. The molecular weight excluding hydrogens is 408 g/mol. The third kappa shape index (κ3) is 3.99. The van der Waals surface area contributed by atoms with Gasteiger partial charge in [-0.25, -0.2) is 4.98 Å². The molecule has 0 radical (unpaired) electrons. The van der Waals surface area contributed by atoms with E-state index < -0.39 is 0 Å². The van der Waals surface area contributed by atoms with Gasteiger partial charge in [0.15, 0.2) is 5.65 Å². The first-order valence-electron chi connectivity index (χ1n) is 9.61. The average Bonchev–Trinajstić information content (AvgIpc) is 3.53. The fraction of sp³-hybridized carbons (Fsp3) is 0.0833. The molecule has 0 aliphatic rings. The summed E-state index contributed by atoms with van der Waals surface area (Å²) >= 11 is 3.45. The fourth-order valence-corrected chi connectivity index (χ4v) is 4.74. The molecule has 1 aromatic carbocycles. The Morgan fingerprint density at radius 1 is 1.00 bits per heavy atom. The third-order valence-corrected chi connectivity index (χ3v) is 6.51. The Kier molecular flexibility index (Phi) is 5.30. The second kappa shape index (κ2) is 8.54. The number of hydrogen-bond donors (Lipinski definition) is 1. The van der Waals surface area contributed by atoms with Crippen LogP contribution in [0, 0.1) is 11.8 Å². The fourth-order valence-electron chi connectivity index (χ4n) is 3.20. The van der Waals surface area contributed by atoms with Crippen molar-refractivity contribution in [1.82, 2.24) is 14.4 Å². The van der Waals surface area contributed by atoms with Crippen LogP contribution in [0.5, 0.6) is 0 Å². The summed E-state index contributed by atoms with van der Waals surface area (Å²) in [5.41, 5.74) is 3.78. The number of benzene rings is 1. The van der Waals surface area contributed by atoms with Gasteiger partial charge >= 0.3 is 0 Å². The van der Waals surface area contributed by atoms with E-state index in [0.717, 1.165) is 46.1 Å². The highest BCUT2D eigenvalue weighted by Gasteiger charge is 2.15. The molecule has 0 aliphatic heterocycles. The molecule has 1 N–H and O–H groups in total. The molecule has 0 fully saturated rings. The van der Waals surface area contributed by atoms with Crippen LogP contribution in [0.25, 0.3) is 16.2 Å². The molecule has 0 spiro atoms. The Bertz CT molecular complexity index is 1320. The molecule has 4 aromatic heterocycles. The lowest BCUT2D eigenvalue weighted by Crippen LogP contribution is -2.07. The molecule has 0 amide bonds. The Morgan fingerprint density at radius 3 is 2.77 bits per heavy atom. The molecule has 0 saturated carbocycles. The lowest BCUT2D eigenvalue weighted by Gasteiger charge is -2.07. The van der Waals surface area contributed by atoms with E-state index in [-0.39, 0.29) is 0 Å². The summed E-state index contributed by atoms with van der Waals surface area (Å²) < 4.78 is 2.06. The normalized spacial score (nSPS) is 10.7. The van der Waals surface area contributed by atoms with Crippen LogP contribution in [0.3, 0.4) is 0 Å². The average molecular weight is 427 g/mol. The molecule has 6 heteroatoms. The monoisotopic (exact) mass is 426 g/mol. The van der Waals surface area contributed by atoms with Gasteiger partial charge in [0.2, 0.25) is 0 Å². The number of nitrogens with one attached hydrogen (secondary N) is 1. The first-order chi connectivity index (χ1) is 14.9. The maximum Gasteiger partial charge on any atom is 0.157 e. The Hall–Kier alpha value is -3.40. The van der Waals surface area contributed by atoms with Crippen molar-refractivity contribution in [2.75, 3.05) is 11.9 Å². The number of hydrogen-bond acceptors (Lipinski definition) is 5. The van der Waals surface area contributed by atoms with E-state index in [2.05, 4.69) is 55.5 Å². The van der Waals surface area contributed by atoms with Gasteiger partial charge in [0.1, 0.15) is 11.5 Å². The van der Waals surface area contributed by atoms with Gasteiger partial charge in [0.25, 0.3) is 0 Å². The zero-order valence-electron chi connectivity index (χ0n) is 16.1. The van der Waals surface area contributed by atoms with E-state index in [9.17, 15) is 0 Å². The zero-order valence-corrected chi connectivity index (χ0v) is 17.7. The van der Waals surface area contributed by atoms with Gasteiger partial charge in [-0.2, -0.15) is 0 Å². The van der Waals surface area contributed by atoms with Crippen molar-refractivity contribution in [3.05, 3.63) is 93.9 Å². The van der Waals surface area contributed by atoms with E-state index in [1.807, 2.05) is 36.5 Å². The van der Waals surface area contributed by atoms with E-state index in [1.165, 1.54) is 4.88 Å². The maximum atomic E-state index is 4.83. The van der Waals surface area contributed by atoms with E-state index >= 15 is 0 Å². The molecule has 0 saturated heterocycles. The molecule has 4 heterocycles. The van der Waals surface area contributed by atoms with Gasteiger partial charge in [-0.1, -0.05) is 36.1 Å². The zero-order chi connectivity index (χ0) is 20.2. The van der Waals surface area contributed by atoms with Crippen molar-refractivity contribution in [3.8, 4) is 22.4 Å². The largest absolute Gasteiger partial charge is 0.369 e. The molecule has 30 heavy (non-hydrogen) atoms. The van der Waals surface area contributed by atoms with Gasteiger partial charge in [0.05, 0.1) is 11.1 Å². The highest BCUT2D eigenvalue weighted by molar-refractivity contribution is 7.13. The number of aromatic nitrogens is 3. The molecule has 0 aliphatic carbocycles. The Morgan fingerprint density at radius 2 is 1.90 bits per heavy atom. The van der Waals surface area contributed by atoms with Gasteiger partial charge in [-0.05, 0) is 36.1 Å². The SMILES string of the molecule is C(#Cc1csc(-c2nc3cnccn3c2NCCc2cccs2)c1)c1ccccc1. The number of imidazole rings is 1. The summed E-state index contributed by atoms with van der Waals surface area (Å²) in [6, 6.07) is 16.4. The number of rotatable bonds is 5. The van der Waals surface area contributed by atoms with Crippen molar-refractivity contribution in [3.63, 3.8) is 0 Å². The molecule has 0 bridgehead atoms. The minimum atomic E-state index is 0.830. The second-order valence-corrected chi connectivity index (χ2v) is 8.63. The molecule has 5 rings (SSSR count). The quantitative estimate of drug-likeness (QED) is 0.373. The van der Waals surface area contributed by atoms with Crippen LogP contribution in [0.1, 0.15) is 16.0 Å². The minimum Gasteiger partial charge on any atom is -0.369 e. The summed E-state index contributed by atoms with van der Waals surface area (Å²) in [5.74, 6) is 7.48. The number of nitrogens with zero attached hydrogens (tertiary/aromatic N) is 3. The maximum absolute atomic E-state index is 4.83. The predicted molar refractivity (Wildman–Crippen MR) is 125 cm³/mol. The second-order valence-electron chi connectivity index (χ2n) is 6.69. The van der Waals surface area contributed by atoms with Gasteiger partial charge in [-0.3, -0.25) is 9.38 Å². The molecule has 146 valence electrons. The van der Waals surface area contributed by atoms with E-state index in [0.29, 0.717) is 0 Å². The summed E-state index contributed by atoms with van der Waals surface area (Å²) in [4.78, 5) is 11.5. The lowest BCUT2D eigenvalue weighted by molar-refractivity contribution is 1.01. The van der Waals surface area contributed by atoms with E-state index in [4.69, 9.17) is 4.98 Å². The van der Waals surface area contributed by atoms with Crippen LogP contribution in [-0.2, 0) is 6.42 Å². The highest BCUT2D eigenvalue weighted by Crippen LogP contribution is 2.33. The van der Waals surface area contributed by atoms with Crippen molar-refractivity contribution in [2.24, 2.45) is 0 Å². The third-order valence-electron chi connectivity index (χ3n) is 4.63. The Labute approximate surface area is 182 Å². The summed E-state index contributed by atoms with van der Waals surface area (Å²) in [7, 11) is 0. The Balaban J connectivity index is 1.44. The first-order valence-corrected chi connectivity index (χ1v) is 11.4. The van der Waals surface area contributed by atoms with Gasteiger partial charge in [0, 0.05) is 40.3 Å². The van der Waals surface area contributed by atoms with Crippen molar-refractivity contribution >= 4 is 34.1 Å². The molecule has 4 nitrogen and oxygen atoms in total. The van der Waals surface area contributed by atoms with Crippen LogP contribution in [0.4, 0.5) is 5.82 Å². The molecule has 0 atom stereocenters. The summed E-state index contributed by atoms with van der Waals surface area (Å²) in [5, 5.41) is 7.79. The topological polar surface area (TPSA) is 42.2 Å². The van der Waals surface area contributed by atoms with Crippen molar-refractivity contribution in [2.45, 2.75) is 6.42 Å². The standard InChI is InChI=1S/C24H18N4S2/c1-2-5-18(6-3-1)8-9-19-15-21(30-17-19)23-24(26-11-10-20-7-4-14-29-20)28-13-12-25-16-22(28)27-23/h1-7,12-17,26H,10-11H2. The predicted octanol–water partition coefficient (Wildman–Crippen LogP) is 5.57. The smallest absolute Gasteiger partial charge is 0.157 e. The first kappa shape index (κ1) is 18.6. The lowest BCUT2D eigenvalue weighted by atomic mass is 10.2. The van der Waals surface area contributed by atoms with Gasteiger partial charge in [-0.15, -0.1) is 22.7 Å². The van der Waals surface area contributed by atoms with Crippen LogP contribution in [0.15, 0.2) is 77.9 Å². The molecular formula is C24H18N4S2. The number of thiophene rings is 2. The van der Waals surface area contributed by atoms with Crippen LogP contribution >= 0.6 is 22.7 Å². The van der Waals surface area contributed by atoms with Gasteiger partial charge < -0.3 is 5.32 Å². The van der Waals surface area contributed by atoms with Crippen molar-refractivity contribution in [1.29, 1.82) is 0 Å². The minimum absolute atomic E-state index is 0.830. The van der Waals surface area contributed by atoms with Crippen LogP contribution < -0.4 is 5.32 Å². The van der Waals surface area contributed by atoms with E-state index in [1.54, 1.807) is 35.1 Å². The van der Waals surface area contributed by atoms with Crippen LogP contribution in [-0.4, -0.2) is 20.9 Å². The van der Waals surface area contributed by atoms with Crippen LogP contribution in [0.2, 0.25) is 0 Å². The molecule has 0 unspecified atom stereocenters. The number of fused-ring (bicyclic) bond motifs is 1. The summed E-state index contributed by atoms with van der Waals surface area (Å²) in [6.45, 7) is 0.843. The summed E-state index contributed by atoms with van der Waals surface area (Å²) in [6.07, 6.45) is 6.50. The molecule has 5 aromatic rings.